The Balaban J connectivity index is 1.29. The zero-order valence-corrected chi connectivity index (χ0v) is 17.2. The summed E-state index contributed by atoms with van der Waals surface area (Å²) < 4.78 is 7.16. The van der Waals surface area contributed by atoms with E-state index in [0.717, 1.165) is 38.2 Å². The van der Waals surface area contributed by atoms with Crippen molar-refractivity contribution in [1.82, 2.24) is 14.8 Å². The van der Waals surface area contributed by atoms with Crippen molar-refractivity contribution in [3.8, 4) is 0 Å². The first-order valence-corrected chi connectivity index (χ1v) is 11.2. The van der Waals surface area contributed by atoms with E-state index in [1.165, 1.54) is 36.7 Å². The standard InChI is InChI=1S/C20H27N5O3S/c26-18(21-15-6-8-16(9-7-15)24-10-2-1-3-11-24)14-29-20-23-22-19(27)25(20)13-17-5-4-12-28-17/h6-9,17H,1-5,10-14H2,(H,21,26)(H,22,27)/t17-/m0/s1. The first kappa shape index (κ1) is 20.0. The van der Waals surface area contributed by atoms with Gasteiger partial charge in [-0.2, -0.15) is 0 Å². The quantitative estimate of drug-likeness (QED) is 0.673. The molecule has 3 heterocycles. The summed E-state index contributed by atoms with van der Waals surface area (Å²) in [4.78, 5) is 26.7. The van der Waals surface area contributed by atoms with Crippen molar-refractivity contribution >= 4 is 29.0 Å². The molecule has 0 aliphatic carbocycles. The molecule has 1 amide bonds. The molecule has 29 heavy (non-hydrogen) atoms. The SMILES string of the molecule is O=C(CSc1n[nH]c(=O)n1C[C@@H]1CCCO1)Nc1ccc(N2CCCCC2)cc1. The number of piperidine rings is 1. The summed E-state index contributed by atoms with van der Waals surface area (Å²) in [5.74, 6) is 0.0591. The lowest BCUT2D eigenvalue weighted by molar-refractivity contribution is -0.113. The van der Waals surface area contributed by atoms with Crippen LogP contribution in [0.4, 0.5) is 11.4 Å². The van der Waals surface area contributed by atoms with Crippen LogP contribution in [0.15, 0.2) is 34.2 Å². The van der Waals surface area contributed by atoms with E-state index in [-0.39, 0.29) is 23.5 Å². The van der Waals surface area contributed by atoms with Crippen molar-refractivity contribution in [2.24, 2.45) is 0 Å². The number of H-pyrrole nitrogens is 1. The van der Waals surface area contributed by atoms with Gasteiger partial charge in [0.25, 0.3) is 0 Å². The molecule has 1 aromatic heterocycles. The molecule has 2 fully saturated rings. The second-order valence-electron chi connectivity index (χ2n) is 7.49. The van der Waals surface area contributed by atoms with Crippen LogP contribution in [0.25, 0.3) is 0 Å². The molecule has 2 N–H and O–H groups in total. The van der Waals surface area contributed by atoms with Crippen LogP contribution in [-0.2, 0) is 16.1 Å². The molecule has 8 nitrogen and oxygen atoms in total. The minimum absolute atomic E-state index is 0.0388. The lowest BCUT2D eigenvalue weighted by Gasteiger charge is -2.28. The van der Waals surface area contributed by atoms with Gasteiger partial charge in [-0.3, -0.25) is 9.36 Å². The first-order valence-electron chi connectivity index (χ1n) is 10.2. The highest BCUT2D eigenvalue weighted by Crippen LogP contribution is 2.22. The van der Waals surface area contributed by atoms with Crippen molar-refractivity contribution in [1.29, 1.82) is 0 Å². The van der Waals surface area contributed by atoms with Crippen LogP contribution in [0, 0.1) is 0 Å². The van der Waals surface area contributed by atoms with E-state index >= 15 is 0 Å². The number of hydrogen-bond donors (Lipinski definition) is 2. The molecule has 0 bridgehead atoms. The fourth-order valence-electron chi connectivity index (χ4n) is 3.80. The molecule has 2 aliphatic rings. The highest BCUT2D eigenvalue weighted by Gasteiger charge is 2.20. The molecule has 0 saturated carbocycles. The lowest BCUT2D eigenvalue weighted by Crippen LogP contribution is -2.29. The summed E-state index contributed by atoms with van der Waals surface area (Å²) >= 11 is 1.25. The second kappa shape index (κ2) is 9.49. The molecule has 2 aromatic rings. The fourth-order valence-corrected chi connectivity index (χ4v) is 4.56. The number of ether oxygens (including phenoxy) is 1. The third kappa shape index (κ3) is 5.22. The second-order valence-corrected chi connectivity index (χ2v) is 8.43. The zero-order valence-electron chi connectivity index (χ0n) is 16.4. The molecular weight excluding hydrogens is 390 g/mol. The van der Waals surface area contributed by atoms with Gasteiger partial charge in [0.2, 0.25) is 5.91 Å². The van der Waals surface area contributed by atoms with Crippen molar-refractivity contribution in [3.05, 3.63) is 34.7 Å². The molecule has 0 spiro atoms. The maximum atomic E-state index is 12.3. The average molecular weight is 418 g/mol. The number of carbonyl (C=O) groups excluding carboxylic acids is 1. The van der Waals surface area contributed by atoms with Crippen LogP contribution in [0.2, 0.25) is 0 Å². The van der Waals surface area contributed by atoms with Gasteiger partial charge in [0.1, 0.15) is 0 Å². The Labute approximate surface area is 174 Å². The van der Waals surface area contributed by atoms with Crippen molar-refractivity contribution in [2.45, 2.75) is 49.9 Å². The van der Waals surface area contributed by atoms with Gasteiger partial charge < -0.3 is 15.0 Å². The van der Waals surface area contributed by atoms with E-state index in [1.54, 1.807) is 4.57 Å². The smallest absolute Gasteiger partial charge is 0.344 e. The Kier molecular flexibility index (Phi) is 6.56. The topological polar surface area (TPSA) is 92.2 Å². The Morgan fingerprint density at radius 2 is 2.00 bits per heavy atom. The molecule has 9 heteroatoms. The fraction of sp³-hybridized carbons (Fsp3) is 0.550. The van der Waals surface area contributed by atoms with E-state index in [0.29, 0.717) is 11.7 Å². The van der Waals surface area contributed by atoms with E-state index in [9.17, 15) is 9.59 Å². The Morgan fingerprint density at radius 1 is 1.21 bits per heavy atom. The lowest BCUT2D eigenvalue weighted by atomic mass is 10.1. The van der Waals surface area contributed by atoms with Gasteiger partial charge in [-0.05, 0) is 56.4 Å². The molecule has 156 valence electrons. The highest BCUT2D eigenvalue weighted by atomic mass is 32.2. The summed E-state index contributed by atoms with van der Waals surface area (Å²) in [5, 5.41) is 9.94. The van der Waals surface area contributed by atoms with E-state index in [1.807, 2.05) is 12.1 Å². The predicted molar refractivity (Wildman–Crippen MR) is 114 cm³/mol. The predicted octanol–water partition coefficient (Wildman–Crippen LogP) is 2.47. The molecule has 0 unspecified atom stereocenters. The third-order valence-corrected chi connectivity index (χ3v) is 6.31. The zero-order chi connectivity index (χ0) is 20.1. The number of nitrogens with one attached hydrogen (secondary N) is 2. The van der Waals surface area contributed by atoms with Gasteiger partial charge in [0, 0.05) is 31.1 Å². The van der Waals surface area contributed by atoms with Crippen molar-refractivity contribution < 1.29 is 9.53 Å². The summed E-state index contributed by atoms with van der Waals surface area (Å²) in [5.41, 5.74) is 1.71. The summed E-state index contributed by atoms with van der Waals surface area (Å²) in [6, 6.07) is 7.99. The molecule has 2 saturated heterocycles. The summed E-state index contributed by atoms with van der Waals surface area (Å²) in [6.07, 6.45) is 5.77. The Morgan fingerprint density at radius 3 is 2.72 bits per heavy atom. The number of rotatable bonds is 7. The summed E-state index contributed by atoms with van der Waals surface area (Å²) in [6.45, 7) is 3.40. The van der Waals surface area contributed by atoms with Gasteiger partial charge in [-0.25, -0.2) is 9.89 Å². The van der Waals surface area contributed by atoms with E-state index < -0.39 is 0 Å². The first-order chi connectivity index (χ1) is 14.2. The number of thioether (sulfide) groups is 1. The molecule has 2 aliphatic heterocycles. The summed E-state index contributed by atoms with van der Waals surface area (Å²) in [7, 11) is 0. The van der Waals surface area contributed by atoms with Crippen LogP contribution in [0.5, 0.6) is 0 Å². The molecule has 1 aromatic carbocycles. The van der Waals surface area contributed by atoms with Crippen LogP contribution >= 0.6 is 11.8 Å². The number of hydrogen-bond acceptors (Lipinski definition) is 6. The van der Waals surface area contributed by atoms with Crippen molar-refractivity contribution in [2.75, 3.05) is 35.7 Å². The third-order valence-electron chi connectivity index (χ3n) is 5.34. The maximum absolute atomic E-state index is 12.3. The number of anilines is 2. The number of aromatic amines is 1. The number of aromatic nitrogens is 3. The Bertz CT molecular complexity index is 867. The minimum atomic E-state index is -0.267. The van der Waals surface area contributed by atoms with Gasteiger partial charge in [-0.15, -0.1) is 5.10 Å². The molecule has 4 rings (SSSR count). The Hall–Kier alpha value is -2.26. The maximum Gasteiger partial charge on any atom is 0.344 e. The van der Waals surface area contributed by atoms with Crippen LogP contribution in [0.3, 0.4) is 0 Å². The van der Waals surface area contributed by atoms with Crippen LogP contribution in [0.1, 0.15) is 32.1 Å². The molecule has 0 radical (unpaired) electrons. The number of carbonyl (C=O) groups is 1. The number of benzene rings is 1. The van der Waals surface area contributed by atoms with Crippen LogP contribution < -0.4 is 15.9 Å². The van der Waals surface area contributed by atoms with Gasteiger partial charge in [0.15, 0.2) is 5.16 Å². The van der Waals surface area contributed by atoms with E-state index in [2.05, 4.69) is 32.5 Å². The van der Waals surface area contributed by atoms with Crippen molar-refractivity contribution in [3.63, 3.8) is 0 Å². The van der Waals surface area contributed by atoms with Gasteiger partial charge in [0.05, 0.1) is 18.4 Å². The normalized spacial score (nSPS) is 19.4. The molecular formula is C20H27N5O3S. The minimum Gasteiger partial charge on any atom is -0.376 e. The highest BCUT2D eigenvalue weighted by molar-refractivity contribution is 7.99. The average Bonchev–Trinajstić information content (AvgIpc) is 3.39. The number of amides is 1. The largest absolute Gasteiger partial charge is 0.376 e. The number of nitrogens with zero attached hydrogens (tertiary/aromatic N) is 3. The van der Waals surface area contributed by atoms with Gasteiger partial charge in [-0.1, -0.05) is 11.8 Å². The molecule has 1 atom stereocenters. The van der Waals surface area contributed by atoms with Crippen LogP contribution in [-0.4, -0.2) is 52.2 Å². The van der Waals surface area contributed by atoms with E-state index in [4.69, 9.17) is 4.74 Å². The van der Waals surface area contributed by atoms with Gasteiger partial charge >= 0.3 is 5.69 Å². The monoisotopic (exact) mass is 417 g/mol.